The molecular formula is C15H23FN2O2. The summed E-state index contributed by atoms with van der Waals surface area (Å²) in [7, 11) is 1.86. The number of aliphatic hydroxyl groups is 1. The van der Waals surface area contributed by atoms with Crippen molar-refractivity contribution in [3.05, 3.63) is 29.6 Å². The zero-order valence-electron chi connectivity index (χ0n) is 11.9. The summed E-state index contributed by atoms with van der Waals surface area (Å²) in [5, 5.41) is 11.9. The molecule has 1 aromatic rings. The van der Waals surface area contributed by atoms with Crippen LogP contribution in [0.4, 0.5) is 10.1 Å². The number of benzene rings is 1. The lowest BCUT2D eigenvalue weighted by Gasteiger charge is -2.34. The van der Waals surface area contributed by atoms with Crippen LogP contribution in [0.25, 0.3) is 0 Å². The van der Waals surface area contributed by atoms with Crippen LogP contribution in [-0.4, -0.2) is 44.6 Å². The van der Waals surface area contributed by atoms with E-state index in [4.69, 9.17) is 9.84 Å². The Morgan fingerprint density at radius 3 is 2.80 bits per heavy atom. The Balaban J connectivity index is 1.99. The molecule has 0 unspecified atom stereocenters. The molecule has 1 aliphatic rings. The fraction of sp³-hybridized carbons (Fsp3) is 0.600. The van der Waals surface area contributed by atoms with Gasteiger partial charge in [0.15, 0.2) is 0 Å². The van der Waals surface area contributed by atoms with Crippen molar-refractivity contribution in [1.29, 1.82) is 0 Å². The largest absolute Gasteiger partial charge is 0.394 e. The third kappa shape index (κ3) is 3.91. The number of ether oxygens (including phenoxy) is 1. The number of hydrogen-bond acceptors (Lipinski definition) is 4. The third-order valence-electron chi connectivity index (χ3n) is 3.64. The number of halogens is 1. The summed E-state index contributed by atoms with van der Waals surface area (Å²) in [5.41, 5.74) is 2.09. The summed E-state index contributed by atoms with van der Waals surface area (Å²) in [4.78, 5) is 2.28. The molecule has 0 aliphatic carbocycles. The first-order chi connectivity index (χ1) is 9.74. The first-order valence-electron chi connectivity index (χ1n) is 7.15. The highest BCUT2D eigenvalue weighted by atomic mass is 19.1. The molecule has 5 heteroatoms. The number of rotatable bonds is 6. The first-order valence-corrected chi connectivity index (χ1v) is 7.15. The number of hydrogen-bond donors (Lipinski definition) is 2. The van der Waals surface area contributed by atoms with Crippen LogP contribution < -0.4 is 10.2 Å². The van der Waals surface area contributed by atoms with Gasteiger partial charge in [-0.15, -0.1) is 0 Å². The minimum Gasteiger partial charge on any atom is -0.394 e. The van der Waals surface area contributed by atoms with E-state index in [1.54, 1.807) is 6.07 Å². The zero-order chi connectivity index (χ0) is 14.4. The fourth-order valence-corrected chi connectivity index (χ4v) is 2.68. The highest BCUT2D eigenvalue weighted by Gasteiger charge is 2.21. The van der Waals surface area contributed by atoms with Crippen LogP contribution in [0, 0.1) is 5.82 Å². The topological polar surface area (TPSA) is 44.7 Å². The molecule has 0 amide bonds. The fourth-order valence-electron chi connectivity index (χ4n) is 2.68. The van der Waals surface area contributed by atoms with Crippen molar-refractivity contribution in [3.63, 3.8) is 0 Å². The molecule has 1 saturated heterocycles. The van der Waals surface area contributed by atoms with Crippen molar-refractivity contribution in [1.82, 2.24) is 5.32 Å². The van der Waals surface area contributed by atoms with Gasteiger partial charge in [0.1, 0.15) is 5.82 Å². The molecule has 0 saturated carbocycles. The van der Waals surface area contributed by atoms with E-state index in [0.717, 1.165) is 37.2 Å². The Hall–Kier alpha value is -1.17. The van der Waals surface area contributed by atoms with Gasteiger partial charge in [-0.25, -0.2) is 4.39 Å². The molecule has 1 fully saturated rings. The van der Waals surface area contributed by atoms with Crippen molar-refractivity contribution in [2.75, 3.05) is 38.3 Å². The monoisotopic (exact) mass is 282 g/mol. The van der Waals surface area contributed by atoms with E-state index in [1.807, 2.05) is 13.1 Å². The molecule has 2 rings (SSSR count). The van der Waals surface area contributed by atoms with Crippen LogP contribution in [0.2, 0.25) is 0 Å². The molecule has 112 valence electrons. The van der Waals surface area contributed by atoms with Crippen molar-refractivity contribution >= 4 is 5.69 Å². The predicted molar refractivity (Wildman–Crippen MR) is 77.4 cm³/mol. The van der Waals surface area contributed by atoms with Crippen molar-refractivity contribution in [3.8, 4) is 0 Å². The van der Waals surface area contributed by atoms with Crippen LogP contribution in [-0.2, 0) is 11.3 Å². The maximum Gasteiger partial charge on any atom is 0.123 e. The van der Waals surface area contributed by atoms with Crippen molar-refractivity contribution in [2.45, 2.75) is 25.5 Å². The molecule has 0 spiro atoms. The molecule has 0 radical (unpaired) electrons. The van der Waals surface area contributed by atoms with Gasteiger partial charge in [0, 0.05) is 25.3 Å². The molecule has 4 nitrogen and oxygen atoms in total. The van der Waals surface area contributed by atoms with Gasteiger partial charge in [0.2, 0.25) is 0 Å². The number of aliphatic hydroxyl groups excluding tert-OH is 1. The maximum atomic E-state index is 13.3. The summed E-state index contributed by atoms with van der Waals surface area (Å²) < 4.78 is 18.9. The van der Waals surface area contributed by atoms with Crippen molar-refractivity contribution in [2.24, 2.45) is 0 Å². The average molecular weight is 282 g/mol. The van der Waals surface area contributed by atoms with E-state index in [9.17, 15) is 4.39 Å². The lowest BCUT2D eigenvalue weighted by atomic mass is 10.0. The summed E-state index contributed by atoms with van der Waals surface area (Å²) in [6.45, 7) is 2.95. The number of anilines is 1. The standard InChI is InChI=1S/C15H23FN2O2/c1-17-11-12-10-13(16)2-3-15(12)18-6-4-14(5-7-18)20-9-8-19/h2-3,10,14,17,19H,4-9,11H2,1H3. The highest BCUT2D eigenvalue weighted by Crippen LogP contribution is 2.26. The Morgan fingerprint density at radius 1 is 1.40 bits per heavy atom. The molecule has 1 aliphatic heterocycles. The van der Waals surface area contributed by atoms with Crippen LogP contribution in [0.1, 0.15) is 18.4 Å². The van der Waals surface area contributed by atoms with Gasteiger partial charge in [0.05, 0.1) is 19.3 Å². The smallest absolute Gasteiger partial charge is 0.123 e. The second-order valence-corrected chi connectivity index (χ2v) is 5.08. The molecular weight excluding hydrogens is 259 g/mol. The van der Waals surface area contributed by atoms with Gasteiger partial charge >= 0.3 is 0 Å². The van der Waals surface area contributed by atoms with Crippen LogP contribution in [0.5, 0.6) is 0 Å². The second kappa shape index (κ2) is 7.57. The lowest BCUT2D eigenvalue weighted by molar-refractivity contribution is 0.0159. The quantitative estimate of drug-likeness (QED) is 0.830. The summed E-state index contributed by atoms with van der Waals surface area (Å²) >= 11 is 0. The van der Waals surface area contributed by atoms with Gasteiger partial charge in [-0.1, -0.05) is 0 Å². The van der Waals surface area contributed by atoms with Gasteiger partial charge < -0.3 is 20.1 Å². The van der Waals surface area contributed by atoms with Gasteiger partial charge in [-0.05, 0) is 43.7 Å². The van der Waals surface area contributed by atoms with Crippen molar-refractivity contribution < 1.29 is 14.2 Å². The zero-order valence-corrected chi connectivity index (χ0v) is 11.9. The molecule has 20 heavy (non-hydrogen) atoms. The van der Waals surface area contributed by atoms with E-state index in [-0.39, 0.29) is 18.5 Å². The molecule has 0 aromatic heterocycles. The van der Waals surface area contributed by atoms with Crippen LogP contribution in [0.15, 0.2) is 18.2 Å². The minimum absolute atomic E-state index is 0.0739. The molecule has 1 aromatic carbocycles. The third-order valence-corrected chi connectivity index (χ3v) is 3.64. The Labute approximate surface area is 119 Å². The highest BCUT2D eigenvalue weighted by molar-refractivity contribution is 5.54. The maximum absolute atomic E-state index is 13.3. The predicted octanol–water partition coefficient (Wildman–Crippen LogP) is 1.52. The Morgan fingerprint density at radius 2 is 2.15 bits per heavy atom. The summed E-state index contributed by atoms with van der Waals surface area (Å²) in [6, 6.07) is 4.97. The van der Waals surface area contributed by atoms with E-state index >= 15 is 0 Å². The summed E-state index contributed by atoms with van der Waals surface area (Å²) in [6.07, 6.45) is 2.11. The first kappa shape index (κ1) is 15.2. The minimum atomic E-state index is -0.194. The molecule has 1 heterocycles. The number of piperidine rings is 1. The van der Waals surface area contributed by atoms with Crippen LogP contribution >= 0.6 is 0 Å². The van der Waals surface area contributed by atoms with Gasteiger partial charge in [-0.2, -0.15) is 0 Å². The SMILES string of the molecule is CNCc1cc(F)ccc1N1CCC(OCCO)CC1. The second-order valence-electron chi connectivity index (χ2n) is 5.08. The Bertz CT molecular complexity index is 420. The number of nitrogens with zero attached hydrogens (tertiary/aromatic N) is 1. The van der Waals surface area contributed by atoms with Gasteiger partial charge in [-0.3, -0.25) is 0 Å². The van der Waals surface area contributed by atoms with E-state index in [1.165, 1.54) is 6.07 Å². The molecule has 0 atom stereocenters. The molecule has 0 bridgehead atoms. The van der Waals surface area contributed by atoms with E-state index in [0.29, 0.717) is 13.2 Å². The van der Waals surface area contributed by atoms with E-state index in [2.05, 4.69) is 10.2 Å². The van der Waals surface area contributed by atoms with Crippen LogP contribution in [0.3, 0.4) is 0 Å². The Kier molecular flexibility index (Phi) is 5.76. The summed E-state index contributed by atoms with van der Waals surface area (Å²) in [5.74, 6) is -0.194. The molecule has 2 N–H and O–H groups in total. The lowest BCUT2D eigenvalue weighted by Crippen LogP contribution is -2.38. The average Bonchev–Trinajstić information content (AvgIpc) is 2.46. The normalized spacial score (nSPS) is 16.6. The number of nitrogens with one attached hydrogen (secondary N) is 1. The van der Waals surface area contributed by atoms with E-state index < -0.39 is 0 Å². The van der Waals surface area contributed by atoms with Gasteiger partial charge in [0.25, 0.3) is 0 Å².